The number of hydrogen-bond donors (Lipinski definition) is 0. The summed E-state index contributed by atoms with van der Waals surface area (Å²) in [7, 11) is 10.8. The van der Waals surface area contributed by atoms with Gasteiger partial charge in [0, 0.05) is 54.5 Å². The molecule has 6 heteroatoms. The van der Waals surface area contributed by atoms with Crippen molar-refractivity contribution in [2.24, 2.45) is 5.92 Å². The van der Waals surface area contributed by atoms with Crippen LogP contribution in [0.4, 0.5) is 0 Å². The summed E-state index contributed by atoms with van der Waals surface area (Å²) in [5.41, 5.74) is 10.2. The van der Waals surface area contributed by atoms with Crippen molar-refractivity contribution in [2.45, 2.75) is 72.6 Å². The number of ether oxygens (including phenoxy) is 6. The summed E-state index contributed by atoms with van der Waals surface area (Å²) < 4.78 is 38.2. The Labute approximate surface area is 372 Å². The summed E-state index contributed by atoms with van der Waals surface area (Å²) in [6.07, 6.45) is 28.8. The molecule has 6 nitrogen and oxygen atoms in total. The number of rotatable bonds is 6. The Balaban J connectivity index is 1.05. The van der Waals surface area contributed by atoms with Gasteiger partial charge in [-0.15, -0.1) is 0 Å². The van der Waals surface area contributed by atoms with Gasteiger partial charge >= 0.3 is 0 Å². The fraction of sp³-hybridized carbons (Fsp3) is 0.333. The standard InChI is InChI=1S/C57H58O6/c1-38-36-45-18-20-47(38)41-11-16-44(17-12-41)52(58-3)27-31-56(62-7,32-28-52)50-22-13-42(35-39(50)2)40-9-14-43(15-10-40)53(59-4)29-33-57(63-8,34-30-53)51-48-21-19-46(37-49(48)51)55(61-6)25-23-54(45,60-5)24-26-55/h9-21,23,25,27-37,50-51H,22,24,26H2,1-8H3/t50-,51?,52?,53?,54?,55?,56?,57?/m1/s1. The van der Waals surface area contributed by atoms with Crippen LogP contribution < -0.4 is 0 Å². The fourth-order valence-corrected chi connectivity index (χ4v) is 11.4. The zero-order chi connectivity index (χ0) is 43.8. The summed E-state index contributed by atoms with van der Waals surface area (Å²) in [5, 5.41) is 0. The predicted octanol–water partition coefficient (Wildman–Crippen LogP) is 11.6. The molecule has 16 aliphatic rings. The van der Waals surface area contributed by atoms with Gasteiger partial charge in [-0.05, 0) is 155 Å². The molecule has 4 aromatic carbocycles. The highest BCUT2D eigenvalue weighted by Gasteiger charge is 2.52. The second-order valence-electron chi connectivity index (χ2n) is 18.3. The van der Waals surface area contributed by atoms with Crippen LogP contribution in [-0.2, 0) is 50.8 Å². The summed E-state index contributed by atoms with van der Waals surface area (Å²) in [4.78, 5) is 0. The molecule has 0 spiro atoms. The molecule has 0 saturated carbocycles. The average molecular weight is 839 g/mol. The number of hydrogen-bond acceptors (Lipinski definition) is 6. The molecule has 20 rings (SSSR count). The van der Waals surface area contributed by atoms with E-state index in [1.54, 1.807) is 28.4 Å². The highest BCUT2D eigenvalue weighted by atomic mass is 16.5. The lowest BCUT2D eigenvalue weighted by atomic mass is 9.72. The third-order valence-corrected chi connectivity index (χ3v) is 15.6. The average Bonchev–Trinajstić information content (AvgIpc) is 4.08. The monoisotopic (exact) mass is 838 g/mol. The van der Waals surface area contributed by atoms with E-state index in [2.05, 4.69) is 172 Å². The van der Waals surface area contributed by atoms with Gasteiger partial charge in [-0.3, -0.25) is 0 Å². The van der Waals surface area contributed by atoms with Gasteiger partial charge in [0.15, 0.2) is 0 Å². The van der Waals surface area contributed by atoms with Crippen LogP contribution in [0.15, 0.2) is 163 Å². The third kappa shape index (κ3) is 6.36. The number of aryl methyl sites for hydroxylation is 1. The Hall–Kier alpha value is -5.18. The van der Waals surface area contributed by atoms with E-state index in [0.717, 1.165) is 52.6 Å². The lowest BCUT2D eigenvalue weighted by molar-refractivity contribution is -0.0410. The van der Waals surface area contributed by atoms with Crippen LogP contribution in [0.25, 0.3) is 16.7 Å². The quantitative estimate of drug-likeness (QED) is 0.180. The Kier molecular flexibility index (Phi) is 10.1. The molecule has 0 aliphatic heterocycles. The maximum absolute atomic E-state index is 6.42. The second-order valence-corrected chi connectivity index (χ2v) is 18.3. The maximum Gasteiger partial charge on any atom is 0.129 e. The minimum absolute atomic E-state index is 0.0867. The highest BCUT2D eigenvalue weighted by molar-refractivity contribution is 5.76. The van der Waals surface area contributed by atoms with E-state index in [1.807, 2.05) is 14.2 Å². The molecule has 4 aromatic rings. The van der Waals surface area contributed by atoms with Crippen LogP contribution in [0.3, 0.4) is 0 Å². The van der Waals surface area contributed by atoms with Crippen LogP contribution in [-0.4, -0.2) is 53.9 Å². The Morgan fingerprint density at radius 1 is 0.460 bits per heavy atom. The molecule has 16 bridgehead atoms. The molecular formula is C57H58O6. The number of benzene rings is 4. The minimum Gasteiger partial charge on any atom is -0.369 e. The molecule has 0 fully saturated rings. The molecular weight excluding hydrogens is 781 g/mol. The van der Waals surface area contributed by atoms with Crippen molar-refractivity contribution in [1.82, 2.24) is 0 Å². The zero-order valence-electron chi connectivity index (χ0n) is 37.7. The fourth-order valence-electron chi connectivity index (χ4n) is 11.4. The first-order valence-electron chi connectivity index (χ1n) is 22.2. The Bertz CT molecular complexity index is 2640. The number of allylic oxidation sites excluding steroid dienone is 3. The number of methoxy groups -OCH3 is 6. The molecule has 0 amide bonds. The summed E-state index contributed by atoms with van der Waals surface area (Å²) in [6, 6.07) is 31.0. The lowest BCUT2D eigenvalue weighted by Gasteiger charge is -2.41. The first-order chi connectivity index (χ1) is 30.5. The molecule has 4 atom stereocenters. The van der Waals surface area contributed by atoms with E-state index in [1.165, 1.54) is 33.4 Å². The zero-order valence-corrected chi connectivity index (χ0v) is 37.7. The van der Waals surface area contributed by atoms with Gasteiger partial charge in [0.2, 0.25) is 0 Å². The van der Waals surface area contributed by atoms with Crippen molar-refractivity contribution in [3.8, 4) is 11.1 Å². The van der Waals surface area contributed by atoms with Crippen molar-refractivity contribution in [1.29, 1.82) is 0 Å². The van der Waals surface area contributed by atoms with Crippen molar-refractivity contribution in [3.05, 3.63) is 208 Å². The van der Waals surface area contributed by atoms with E-state index < -0.39 is 33.6 Å². The lowest BCUT2D eigenvalue weighted by Crippen LogP contribution is -2.41. The first kappa shape index (κ1) is 41.8. The summed E-state index contributed by atoms with van der Waals surface area (Å²) >= 11 is 0. The topological polar surface area (TPSA) is 55.4 Å². The van der Waals surface area contributed by atoms with Crippen LogP contribution >= 0.6 is 0 Å². The second kappa shape index (κ2) is 15.2. The molecule has 0 aromatic heterocycles. The minimum atomic E-state index is -0.729. The summed E-state index contributed by atoms with van der Waals surface area (Å²) in [5.74, 6) is 0.210. The molecule has 16 aliphatic carbocycles. The predicted molar refractivity (Wildman–Crippen MR) is 250 cm³/mol. The summed E-state index contributed by atoms with van der Waals surface area (Å²) in [6.45, 7) is 4.40. The van der Waals surface area contributed by atoms with Gasteiger partial charge in [-0.1, -0.05) is 103 Å². The Morgan fingerprint density at radius 3 is 1.46 bits per heavy atom. The maximum atomic E-state index is 6.42. The van der Waals surface area contributed by atoms with Crippen LogP contribution in [0.2, 0.25) is 0 Å². The molecule has 0 radical (unpaired) electrons. The van der Waals surface area contributed by atoms with Crippen LogP contribution in [0.1, 0.15) is 76.6 Å². The molecule has 63 heavy (non-hydrogen) atoms. The smallest absolute Gasteiger partial charge is 0.129 e. The first-order valence-corrected chi connectivity index (χ1v) is 22.2. The highest BCUT2D eigenvalue weighted by Crippen LogP contribution is 2.57. The largest absolute Gasteiger partial charge is 0.369 e. The van der Waals surface area contributed by atoms with Crippen molar-refractivity contribution < 1.29 is 28.4 Å². The molecule has 0 saturated heterocycles. The van der Waals surface area contributed by atoms with Gasteiger partial charge in [-0.25, -0.2) is 0 Å². The normalized spacial score (nSPS) is 33.2. The van der Waals surface area contributed by atoms with E-state index >= 15 is 0 Å². The van der Waals surface area contributed by atoms with Crippen molar-refractivity contribution in [2.75, 3.05) is 42.7 Å². The Morgan fingerprint density at radius 2 is 0.968 bits per heavy atom. The molecule has 0 N–H and O–H groups in total. The van der Waals surface area contributed by atoms with Gasteiger partial charge < -0.3 is 28.4 Å². The third-order valence-electron chi connectivity index (χ3n) is 15.6. The molecule has 3 unspecified atom stereocenters. The van der Waals surface area contributed by atoms with E-state index in [9.17, 15) is 0 Å². The van der Waals surface area contributed by atoms with Gasteiger partial charge in [-0.2, -0.15) is 0 Å². The van der Waals surface area contributed by atoms with Crippen molar-refractivity contribution in [3.63, 3.8) is 0 Å². The van der Waals surface area contributed by atoms with E-state index in [4.69, 9.17) is 28.4 Å². The van der Waals surface area contributed by atoms with Crippen LogP contribution in [0, 0.1) is 12.8 Å². The van der Waals surface area contributed by atoms with Crippen molar-refractivity contribution >= 4 is 5.57 Å². The van der Waals surface area contributed by atoms with E-state index in [0.29, 0.717) is 0 Å². The van der Waals surface area contributed by atoms with Gasteiger partial charge in [0.05, 0.1) is 0 Å². The molecule has 0 heterocycles. The molecule has 322 valence electrons. The van der Waals surface area contributed by atoms with Crippen LogP contribution in [0.5, 0.6) is 0 Å². The SMILES string of the molecule is COC12C=CC(OC)(C=C1)C1c3ccc(cc31)C1(OC)C=CC(OC)(CC1)c1ccc(c(C)c1)-c1ccc(cc1)C1(OC)C=CC(OC)(C=C1)[C@@H]1CC=C(C=C1C)c1ccc2cc1. The van der Waals surface area contributed by atoms with Gasteiger partial charge in [0.25, 0.3) is 0 Å². The van der Waals surface area contributed by atoms with E-state index in [-0.39, 0.29) is 11.8 Å². The van der Waals surface area contributed by atoms with Gasteiger partial charge in [0.1, 0.15) is 33.6 Å².